The Morgan fingerprint density at radius 1 is 0.855 bits per heavy atom. The van der Waals surface area contributed by atoms with Crippen molar-refractivity contribution < 1.29 is 38.7 Å². The van der Waals surface area contributed by atoms with E-state index in [9.17, 15) is 29.6 Å². The van der Waals surface area contributed by atoms with Crippen molar-refractivity contribution in [2.24, 2.45) is 23.7 Å². The van der Waals surface area contributed by atoms with Crippen LogP contribution in [0.25, 0.3) is 0 Å². The van der Waals surface area contributed by atoms with Crippen molar-refractivity contribution in [2.75, 3.05) is 24.5 Å². The minimum atomic E-state index is -1.70. The molecule has 15 heteroatoms. The van der Waals surface area contributed by atoms with Crippen LogP contribution in [0.15, 0.2) is 96.6 Å². The Hall–Kier alpha value is -5.92. The van der Waals surface area contributed by atoms with E-state index in [1.165, 1.54) is 50.6 Å². The fourth-order valence-corrected chi connectivity index (χ4v) is 9.51. The molecule has 55 heavy (non-hydrogen) atoms. The summed E-state index contributed by atoms with van der Waals surface area (Å²) in [7, 11) is 2.97. The normalized spacial score (nSPS) is 25.6. The number of nitrogens with one attached hydrogen (secondary N) is 1. The number of carbonyl (C=O) groups excluding carboxylic acids is 4. The number of benzene rings is 4. The Balaban J connectivity index is 1.33. The first-order valence-electron chi connectivity index (χ1n) is 17.3. The molecule has 4 amide bonds. The van der Waals surface area contributed by atoms with Crippen molar-refractivity contribution in [3.05, 3.63) is 128 Å². The van der Waals surface area contributed by atoms with Crippen LogP contribution in [0.3, 0.4) is 0 Å². The minimum Gasteiger partial charge on any atom is -0.508 e. The minimum absolute atomic E-state index is 0.00944. The Bertz CT molecular complexity index is 2330. The first-order chi connectivity index (χ1) is 26.4. The second-order valence-electron chi connectivity index (χ2n) is 13.9. The van der Waals surface area contributed by atoms with Gasteiger partial charge >= 0.3 is 0 Å². The Morgan fingerprint density at radius 2 is 1.55 bits per heavy atom. The van der Waals surface area contributed by atoms with Crippen molar-refractivity contribution >= 4 is 63.9 Å². The number of nitro groups is 1. The Morgan fingerprint density at radius 3 is 2.20 bits per heavy atom. The maximum Gasteiger partial charge on any atom is 0.269 e. The summed E-state index contributed by atoms with van der Waals surface area (Å²) in [5.74, 6) is -6.17. The smallest absolute Gasteiger partial charge is 0.269 e. The number of allylic oxidation sites excluding steroid dienone is 2. The highest BCUT2D eigenvalue weighted by Gasteiger charge is 2.70. The van der Waals surface area contributed by atoms with E-state index in [1.54, 1.807) is 48.5 Å². The molecule has 13 nitrogen and oxygen atoms in total. The molecular formula is C40H32Cl2N4O9. The van der Waals surface area contributed by atoms with Crippen molar-refractivity contribution in [1.82, 2.24) is 5.01 Å². The number of halogens is 2. The lowest BCUT2D eigenvalue weighted by Gasteiger charge is -2.50. The molecule has 4 aliphatic rings. The maximum absolute atomic E-state index is 15.4. The number of fused-ring (bicyclic) bond motifs is 4. The number of nitro benzene ring substituents is 1. The zero-order valence-electron chi connectivity index (χ0n) is 29.3. The van der Waals surface area contributed by atoms with E-state index in [4.69, 9.17) is 32.7 Å². The molecule has 0 spiro atoms. The lowest BCUT2D eigenvalue weighted by atomic mass is 9.49. The summed E-state index contributed by atoms with van der Waals surface area (Å²) in [6.45, 7) is 0. The van der Waals surface area contributed by atoms with Gasteiger partial charge in [-0.3, -0.25) is 39.6 Å². The number of non-ortho nitro benzene ring substituents is 1. The van der Waals surface area contributed by atoms with E-state index in [-0.39, 0.29) is 46.2 Å². The number of ether oxygens (including phenoxy) is 2. The van der Waals surface area contributed by atoms with E-state index in [1.807, 2.05) is 6.08 Å². The second kappa shape index (κ2) is 13.4. The van der Waals surface area contributed by atoms with Crippen molar-refractivity contribution in [2.45, 2.75) is 24.2 Å². The van der Waals surface area contributed by atoms with Gasteiger partial charge in [-0.2, -0.15) is 5.01 Å². The number of hydrogen-bond donors (Lipinski definition) is 2. The number of carbonyl (C=O) groups is 4. The van der Waals surface area contributed by atoms with Gasteiger partial charge in [-0.1, -0.05) is 47.0 Å². The number of imide groups is 2. The van der Waals surface area contributed by atoms with Crippen molar-refractivity contribution in [3.63, 3.8) is 0 Å². The fourth-order valence-electron chi connectivity index (χ4n) is 9.06. The fraction of sp³-hybridized carbons (Fsp3) is 0.250. The van der Waals surface area contributed by atoms with Crippen LogP contribution in [-0.4, -0.2) is 52.9 Å². The molecule has 6 atom stereocenters. The van der Waals surface area contributed by atoms with Gasteiger partial charge in [0.15, 0.2) is 0 Å². The van der Waals surface area contributed by atoms with Crippen LogP contribution in [0.1, 0.15) is 29.9 Å². The number of anilines is 2. The summed E-state index contributed by atoms with van der Waals surface area (Å²) in [6, 6.07) is 21.2. The average molecular weight is 784 g/mol. The molecule has 2 saturated heterocycles. The van der Waals surface area contributed by atoms with E-state index in [2.05, 4.69) is 5.43 Å². The number of aromatic hydroxyl groups is 1. The lowest BCUT2D eigenvalue weighted by Crippen LogP contribution is -2.53. The summed E-state index contributed by atoms with van der Waals surface area (Å²) >= 11 is 12.7. The predicted molar refractivity (Wildman–Crippen MR) is 201 cm³/mol. The van der Waals surface area contributed by atoms with Crippen LogP contribution < -0.4 is 19.8 Å². The highest BCUT2D eigenvalue weighted by Crippen LogP contribution is 2.65. The molecule has 4 aromatic rings. The summed E-state index contributed by atoms with van der Waals surface area (Å²) in [5.41, 5.74) is 2.81. The average Bonchev–Trinajstić information content (AvgIpc) is 3.56. The molecule has 3 fully saturated rings. The van der Waals surface area contributed by atoms with Gasteiger partial charge in [-0.25, -0.2) is 0 Å². The zero-order valence-corrected chi connectivity index (χ0v) is 30.8. The zero-order chi connectivity index (χ0) is 38.9. The predicted octanol–water partition coefficient (Wildman–Crippen LogP) is 6.81. The SMILES string of the molecule is COc1ccc(C23C(=O)N(Nc4ccc(Cl)cc4Cl)C(=O)C2CC2C(=CCC4C(=O)N(c5ccc([N+](=O)[O-])cc5)C(=O)C42)C3c2cc(OC)ccc2O)cc1. The van der Waals surface area contributed by atoms with Crippen molar-refractivity contribution in [3.8, 4) is 17.2 Å². The van der Waals surface area contributed by atoms with E-state index in [0.717, 1.165) is 9.91 Å². The largest absolute Gasteiger partial charge is 0.508 e. The standard InChI is InChI=1S/C40H32Cl2N4O9/c1-54-24-10-3-20(4-11-24)40-30(37(49)45(39(40)51)43-32-15-5-21(41)17-31(32)42)19-28-26(35(40)29-18-25(55-2)12-16-33(29)47)13-14-27-34(28)38(50)44(36(27)48)22-6-8-23(9-7-22)46(52)53/h3-13,15-18,27-28,30,34-35,43,47H,14,19H2,1-2H3. The molecule has 2 N–H and O–H groups in total. The first-order valence-corrected chi connectivity index (χ1v) is 18.1. The highest BCUT2D eigenvalue weighted by atomic mass is 35.5. The maximum atomic E-state index is 15.4. The molecule has 0 aromatic heterocycles. The summed E-state index contributed by atoms with van der Waals surface area (Å²) in [5, 5.41) is 24.4. The van der Waals surface area contributed by atoms with Crippen LogP contribution in [0.5, 0.6) is 17.2 Å². The molecule has 6 unspecified atom stereocenters. The number of amides is 4. The molecule has 2 heterocycles. The molecule has 280 valence electrons. The Labute approximate surface area is 324 Å². The Kier molecular flexibility index (Phi) is 8.81. The van der Waals surface area contributed by atoms with Gasteiger partial charge < -0.3 is 14.6 Å². The van der Waals surface area contributed by atoms with E-state index in [0.29, 0.717) is 27.7 Å². The van der Waals surface area contributed by atoms with Gasteiger partial charge in [-0.05, 0) is 85.0 Å². The van der Waals surface area contributed by atoms with Crippen LogP contribution in [-0.2, 0) is 24.6 Å². The van der Waals surface area contributed by atoms with Crippen LogP contribution >= 0.6 is 23.2 Å². The molecule has 0 radical (unpaired) electrons. The second-order valence-corrected chi connectivity index (χ2v) is 14.8. The quantitative estimate of drug-likeness (QED) is 0.0838. The van der Waals surface area contributed by atoms with Gasteiger partial charge in [0.1, 0.15) is 17.2 Å². The topological polar surface area (TPSA) is 169 Å². The first kappa shape index (κ1) is 36.1. The highest BCUT2D eigenvalue weighted by molar-refractivity contribution is 6.36. The number of rotatable bonds is 8. The molecular weight excluding hydrogens is 751 g/mol. The van der Waals surface area contributed by atoms with Gasteiger partial charge in [-0.15, -0.1) is 0 Å². The number of nitrogens with zero attached hydrogens (tertiary/aromatic N) is 3. The summed E-state index contributed by atoms with van der Waals surface area (Å²) < 4.78 is 11.0. The van der Waals surface area contributed by atoms with Crippen molar-refractivity contribution in [1.29, 1.82) is 0 Å². The number of phenolic OH excluding ortho intramolecular Hbond substituents is 1. The van der Waals surface area contributed by atoms with Gasteiger partial charge in [0.05, 0.1) is 58.7 Å². The van der Waals surface area contributed by atoms with Gasteiger partial charge in [0.25, 0.3) is 17.5 Å². The third kappa shape index (κ3) is 5.43. The number of hydrogen-bond acceptors (Lipinski definition) is 10. The lowest BCUT2D eigenvalue weighted by molar-refractivity contribution is -0.384. The number of phenols is 1. The van der Waals surface area contributed by atoms with Gasteiger partial charge in [0, 0.05) is 28.6 Å². The van der Waals surface area contributed by atoms with E-state index >= 15 is 4.79 Å². The third-order valence-corrected chi connectivity index (χ3v) is 12.0. The monoisotopic (exact) mass is 782 g/mol. The molecule has 4 aromatic carbocycles. The number of methoxy groups -OCH3 is 2. The summed E-state index contributed by atoms with van der Waals surface area (Å²) in [4.78, 5) is 70.7. The summed E-state index contributed by atoms with van der Waals surface area (Å²) in [6.07, 6.45) is 1.97. The molecule has 0 bridgehead atoms. The van der Waals surface area contributed by atoms with E-state index < -0.39 is 63.6 Å². The van der Waals surface area contributed by atoms with Crippen LogP contribution in [0, 0.1) is 33.8 Å². The van der Waals surface area contributed by atoms with Crippen LogP contribution in [0.2, 0.25) is 10.0 Å². The molecule has 8 rings (SSSR count). The molecule has 2 aliphatic heterocycles. The molecule has 1 saturated carbocycles. The molecule has 2 aliphatic carbocycles. The van der Waals surface area contributed by atoms with Crippen LogP contribution in [0.4, 0.5) is 17.1 Å². The number of hydrazine groups is 1. The third-order valence-electron chi connectivity index (χ3n) is 11.4. The van der Waals surface area contributed by atoms with Gasteiger partial charge in [0.2, 0.25) is 11.8 Å².